The summed E-state index contributed by atoms with van der Waals surface area (Å²) in [6, 6.07) is 0. The van der Waals surface area contributed by atoms with Crippen LogP contribution in [0.1, 0.15) is 0 Å². The van der Waals surface area contributed by atoms with E-state index in [1.54, 1.807) is 0 Å². The summed E-state index contributed by atoms with van der Waals surface area (Å²) in [6.45, 7) is 0. The van der Waals surface area contributed by atoms with Crippen LogP contribution in [0.3, 0.4) is 0 Å². The van der Waals surface area contributed by atoms with Gasteiger partial charge in [-0.15, -0.1) is 10.1 Å². The van der Waals surface area contributed by atoms with Gasteiger partial charge in [0.2, 0.25) is 0 Å². The molecule has 0 aromatic rings. The molecule has 0 amide bonds. The largest absolute Gasteiger partial charge is 0.429 e. The van der Waals surface area contributed by atoms with Gasteiger partial charge in [-0.05, 0) is 0 Å². The number of hydrogen-bond acceptors (Lipinski definition) is 5. The van der Waals surface area contributed by atoms with E-state index < -0.39 is 15.5 Å². The molecule has 0 aliphatic heterocycles. The van der Waals surface area contributed by atoms with E-state index in [9.17, 15) is 8.42 Å². The van der Waals surface area contributed by atoms with Crippen molar-refractivity contribution in [3.8, 4) is 0 Å². The Hall–Kier alpha value is -0.228. The summed E-state index contributed by atoms with van der Waals surface area (Å²) in [5.41, 5.74) is 0. The zero-order chi connectivity index (χ0) is 6.78. The molecule has 0 aliphatic carbocycles. The first-order valence-electron chi connectivity index (χ1n) is 1.23. The van der Waals surface area contributed by atoms with Crippen molar-refractivity contribution in [1.29, 1.82) is 0 Å². The van der Waals surface area contributed by atoms with Crippen LogP contribution in [0.4, 0.5) is 0 Å². The molecule has 0 saturated carbocycles. The third-order valence-corrected chi connectivity index (χ3v) is 0.465. The third-order valence-electron chi connectivity index (χ3n) is 0.155. The van der Waals surface area contributed by atoms with Gasteiger partial charge in [-0.3, -0.25) is 4.55 Å². The van der Waals surface area contributed by atoms with Crippen molar-refractivity contribution in [2.75, 3.05) is 0 Å². The molecule has 0 aromatic heterocycles. The van der Waals surface area contributed by atoms with Gasteiger partial charge in [-0.1, -0.05) is 0 Å². The van der Waals surface area contributed by atoms with E-state index in [4.69, 9.17) is 14.7 Å². The Labute approximate surface area is 63.7 Å². The van der Waals surface area contributed by atoms with E-state index in [-0.39, 0.29) is 20.4 Å². The molecular weight excluding hydrogens is 248 g/mol. The molecular formula is HNO6PdS. The monoisotopic (exact) mass is 249 g/mol. The molecule has 0 fully saturated rings. The van der Waals surface area contributed by atoms with Gasteiger partial charge in [-0.25, -0.2) is 0 Å². The standard InChI is InChI=1S/HNO6S.Pd/c2-1(3)7-8(4,5)6;/h(H,4,5,6);. The van der Waals surface area contributed by atoms with E-state index in [2.05, 4.69) is 4.28 Å². The summed E-state index contributed by atoms with van der Waals surface area (Å²) in [4.78, 5) is 9.06. The Balaban J connectivity index is 0. The van der Waals surface area contributed by atoms with Crippen molar-refractivity contribution in [1.82, 2.24) is 0 Å². The number of nitrogens with zero attached hydrogens (tertiary/aromatic N) is 1. The SMILES string of the molecule is O=[N+]([O-])OS(=O)(=O)O.[Pd]. The van der Waals surface area contributed by atoms with Crippen molar-refractivity contribution in [3.63, 3.8) is 0 Å². The Morgan fingerprint density at radius 1 is 1.56 bits per heavy atom. The van der Waals surface area contributed by atoms with E-state index in [0.29, 0.717) is 0 Å². The molecule has 0 atom stereocenters. The summed E-state index contributed by atoms with van der Waals surface area (Å²) in [7, 11) is -4.92. The molecule has 0 aromatic carbocycles. The van der Waals surface area contributed by atoms with E-state index >= 15 is 0 Å². The quantitative estimate of drug-likeness (QED) is 0.291. The Morgan fingerprint density at radius 3 is 1.89 bits per heavy atom. The predicted molar refractivity (Wildman–Crippen MR) is 19.6 cm³/mol. The van der Waals surface area contributed by atoms with Crippen LogP contribution in [0.25, 0.3) is 0 Å². The summed E-state index contributed by atoms with van der Waals surface area (Å²) < 4.78 is 28.9. The van der Waals surface area contributed by atoms with Gasteiger partial charge in [0.25, 0.3) is 0 Å². The first-order valence-corrected chi connectivity index (χ1v) is 2.60. The third kappa shape index (κ3) is 11.4. The summed E-state index contributed by atoms with van der Waals surface area (Å²) >= 11 is 0. The zero-order valence-corrected chi connectivity index (χ0v) is 6.03. The summed E-state index contributed by atoms with van der Waals surface area (Å²) in [6.07, 6.45) is 0. The van der Waals surface area contributed by atoms with E-state index in [0.717, 1.165) is 0 Å². The zero-order valence-electron chi connectivity index (χ0n) is 3.66. The molecule has 0 unspecified atom stereocenters. The smallest absolute Gasteiger partial charge is 0.265 e. The average Bonchev–Trinajstić information content (AvgIpc) is 1.21. The minimum atomic E-state index is -4.92. The number of hydrogen-bond donors (Lipinski definition) is 1. The van der Waals surface area contributed by atoms with Crippen LogP contribution in [0.2, 0.25) is 0 Å². The van der Waals surface area contributed by atoms with Gasteiger partial charge < -0.3 is 0 Å². The van der Waals surface area contributed by atoms with Crippen molar-refractivity contribution in [2.45, 2.75) is 0 Å². The van der Waals surface area contributed by atoms with E-state index in [1.165, 1.54) is 0 Å². The fourth-order valence-corrected chi connectivity index (χ4v) is 0.231. The van der Waals surface area contributed by atoms with Gasteiger partial charge in [-0.2, -0.15) is 12.7 Å². The van der Waals surface area contributed by atoms with Crippen LogP contribution in [0, 0.1) is 10.1 Å². The molecule has 1 N–H and O–H groups in total. The van der Waals surface area contributed by atoms with Crippen molar-refractivity contribution in [2.24, 2.45) is 0 Å². The molecule has 0 saturated heterocycles. The Morgan fingerprint density at radius 2 is 1.89 bits per heavy atom. The summed E-state index contributed by atoms with van der Waals surface area (Å²) in [5, 5.41) is 7.43. The van der Waals surface area contributed by atoms with Crippen LogP contribution in [0.5, 0.6) is 0 Å². The second-order valence-electron chi connectivity index (χ2n) is 0.726. The normalized spacial score (nSPS) is 9.44. The maximum Gasteiger partial charge on any atom is 0.429 e. The van der Waals surface area contributed by atoms with Crippen LogP contribution in [-0.4, -0.2) is 18.1 Å². The molecule has 58 valence electrons. The van der Waals surface area contributed by atoms with Crippen molar-refractivity contribution >= 4 is 10.4 Å². The van der Waals surface area contributed by atoms with Gasteiger partial charge >= 0.3 is 15.5 Å². The van der Waals surface area contributed by atoms with Gasteiger partial charge in [0.1, 0.15) is 0 Å². The fourth-order valence-electron chi connectivity index (χ4n) is 0.0769. The Bertz CT molecular complexity index is 179. The fraction of sp³-hybridized carbons (Fsp3) is 0. The van der Waals surface area contributed by atoms with Crippen molar-refractivity contribution < 1.29 is 42.8 Å². The van der Waals surface area contributed by atoms with Gasteiger partial charge in [0.15, 0.2) is 0 Å². The molecule has 9 heteroatoms. The molecule has 9 heavy (non-hydrogen) atoms. The maximum absolute atomic E-state index is 9.33. The maximum atomic E-state index is 9.33. The minimum Gasteiger partial charge on any atom is -0.265 e. The first kappa shape index (κ1) is 11.6. The van der Waals surface area contributed by atoms with Gasteiger partial charge in [0.05, 0.1) is 0 Å². The van der Waals surface area contributed by atoms with Crippen LogP contribution < -0.4 is 0 Å². The summed E-state index contributed by atoms with van der Waals surface area (Å²) in [5.74, 6) is 0. The number of rotatable bonds is 2. The van der Waals surface area contributed by atoms with E-state index in [1.807, 2.05) is 0 Å². The second kappa shape index (κ2) is 3.73. The predicted octanol–water partition coefficient (Wildman–Crippen LogP) is -1.00. The molecule has 0 heterocycles. The molecule has 0 radical (unpaired) electrons. The molecule has 0 aliphatic rings. The second-order valence-corrected chi connectivity index (χ2v) is 1.73. The van der Waals surface area contributed by atoms with Crippen LogP contribution in [0.15, 0.2) is 0 Å². The van der Waals surface area contributed by atoms with Crippen LogP contribution in [-0.2, 0) is 35.1 Å². The molecule has 7 nitrogen and oxygen atoms in total. The first-order chi connectivity index (χ1) is 3.42. The van der Waals surface area contributed by atoms with Crippen molar-refractivity contribution in [3.05, 3.63) is 10.1 Å². The topological polar surface area (TPSA) is 107 Å². The molecule has 0 bridgehead atoms. The van der Waals surface area contributed by atoms with Crippen LogP contribution >= 0.6 is 0 Å². The molecule has 0 spiro atoms. The minimum absolute atomic E-state index is 0. The Kier molecular flexibility index (Phi) is 4.79. The van der Waals surface area contributed by atoms with Gasteiger partial charge in [0, 0.05) is 20.4 Å². The molecule has 0 rings (SSSR count). The average molecular weight is 249 g/mol.